The van der Waals surface area contributed by atoms with Gasteiger partial charge < -0.3 is 0 Å². The molecular weight excluding hydrogens is 186 g/mol. The SMILES string of the molecule is CCC(CC(C)=O)(CC(C)=O)[N+](=O)[O-]. The van der Waals surface area contributed by atoms with Crippen LogP contribution < -0.4 is 0 Å². The maximum absolute atomic E-state index is 10.9. The first-order valence-electron chi connectivity index (χ1n) is 4.47. The quantitative estimate of drug-likeness (QED) is 0.480. The van der Waals surface area contributed by atoms with Crippen molar-refractivity contribution in [3.63, 3.8) is 0 Å². The molecule has 0 heterocycles. The van der Waals surface area contributed by atoms with Gasteiger partial charge in [-0.2, -0.15) is 0 Å². The summed E-state index contributed by atoms with van der Waals surface area (Å²) in [5.74, 6) is -0.519. The molecule has 0 spiro atoms. The largest absolute Gasteiger partial charge is 0.300 e. The highest BCUT2D eigenvalue weighted by molar-refractivity contribution is 5.80. The van der Waals surface area contributed by atoms with E-state index in [4.69, 9.17) is 0 Å². The highest BCUT2D eigenvalue weighted by atomic mass is 16.6. The molecule has 14 heavy (non-hydrogen) atoms. The Bertz CT molecular complexity index is 244. The van der Waals surface area contributed by atoms with Gasteiger partial charge in [-0.3, -0.25) is 19.7 Å². The molecular formula is C9H15NO4. The normalized spacial score (nSPS) is 11.1. The summed E-state index contributed by atoms with van der Waals surface area (Å²) < 4.78 is 0. The molecule has 0 aromatic heterocycles. The zero-order chi connectivity index (χ0) is 11.4. The summed E-state index contributed by atoms with van der Waals surface area (Å²) in [6, 6.07) is 0. The first-order chi connectivity index (χ1) is 6.34. The van der Waals surface area contributed by atoms with E-state index in [0.717, 1.165) is 0 Å². The third-order valence-corrected chi connectivity index (χ3v) is 2.20. The Labute approximate surface area is 82.6 Å². The summed E-state index contributed by atoms with van der Waals surface area (Å²) in [5, 5.41) is 10.8. The molecule has 0 aromatic rings. The fraction of sp³-hybridized carbons (Fsp3) is 0.778. The zero-order valence-corrected chi connectivity index (χ0v) is 8.70. The van der Waals surface area contributed by atoms with Crippen molar-refractivity contribution in [3.05, 3.63) is 10.1 Å². The fourth-order valence-corrected chi connectivity index (χ4v) is 1.50. The average Bonchev–Trinajstić information content (AvgIpc) is 2.00. The minimum absolute atomic E-state index is 0.171. The van der Waals surface area contributed by atoms with Crippen LogP contribution in [0.5, 0.6) is 0 Å². The minimum Gasteiger partial charge on any atom is -0.300 e. The maximum Gasteiger partial charge on any atom is 0.235 e. The summed E-state index contributed by atoms with van der Waals surface area (Å²) in [4.78, 5) is 32.1. The van der Waals surface area contributed by atoms with Gasteiger partial charge in [-0.1, -0.05) is 6.92 Å². The van der Waals surface area contributed by atoms with Gasteiger partial charge in [-0.15, -0.1) is 0 Å². The van der Waals surface area contributed by atoms with E-state index >= 15 is 0 Å². The van der Waals surface area contributed by atoms with Gasteiger partial charge in [0, 0.05) is 11.3 Å². The van der Waals surface area contributed by atoms with Crippen molar-refractivity contribution >= 4 is 11.6 Å². The molecule has 0 saturated carbocycles. The lowest BCUT2D eigenvalue weighted by molar-refractivity contribution is -0.568. The Balaban J connectivity index is 4.87. The van der Waals surface area contributed by atoms with Crippen LogP contribution in [0.2, 0.25) is 0 Å². The monoisotopic (exact) mass is 201 g/mol. The van der Waals surface area contributed by atoms with Crippen molar-refractivity contribution in [2.75, 3.05) is 0 Å². The van der Waals surface area contributed by atoms with Crippen LogP contribution in [-0.2, 0) is 9.59 Å². The zero-order valence-electron chi connectivity index (χ0n) is 8.70. The number of hydrogen-bond acceptors (Lipinski definition) is 4. The van der Waals surface area contributed by atoms with Gasteiger partial charge in [0.2, 0.25) is 5.54 Å². The smallest absolute Gasteiger partial charge is 0.235 e. The van der Waals surface area contributed by atoms with E-state index in [1.165, 1.54) is 13.8 Å². The van der Waals surface area contributed by atoms with E-state index in [-0.39, 0.29) is 30.8 Å². The van der Waals surface area contributed by atoms with Crippen molar-refractivity contribution in [2.45, 2.75) is 45.6 Å². The van der Waals surface area contributed by atoms with Crippen molar-refractivity contribution in [1.82, 2.24) is 0 Å². The molecule has 0 unspecified atom stereocenters. The number of nitro groups is 1. The third kappa shape index (κ3) is 3.24. The Morgan fingerprint density at radius 1 is 1.21 bits per heavy atom. The molecule has 0 aliphatic rings. The Morgan fingerprint density at radius 3 is 1.71 bits per heavy atom. The van der Waals surface area contributed by atoms with Gasteiger partial charge >= 0.3 is 0 Å². The molecule has 0 N–H and O–H groups in total. The number of carbonyl (C=O) groups excluding carboxylic acids is 2. The standard InChI is InChI=1S/C9H15NO4/c1-4-9(10(13)14,5-7(2)11)6-8(3)12/h4-6H2,1-3H3. The number of carbonyl (C=O) groups is 2. The van der Waals surface area contributed by atoms with Gasteiger partial charge in [0.05, 0.1) is 12.8 Å². The third-order valence-electron chi connectivity index (χ3n) is 2.20. The summed E-state index contributed by atoms with van der Waals surface area (Å²) in [6.07, 6.45) is -0.147. The molecule has 5 heteroatoms. The summed E-state index contributed by atoms with van der Waals surface area (Å²) in [5.41, 5.74) is -1.39. The maximum atomic E-state index is 10.9. The van der Waals surface area contributed by atoms with Crippen molar-refractivity contribution in [2.24, 2.45) is 0 Å². The van der Waals surface area contributed by atoms with Crippen LogP contribution in [-0.4, -0.2) is 22.0 Å². The molecule has 0 rings (SSSR count). The average molecular weight is 201 g/mol. The molecule has 0 aliphatic carbocycles. The van der Waals surface area contributed by atoms with Crippen molar-refractivity contribution < 1.29 is 14.5 Å². The lowest BCUT2D eigenvalue weighted by Gasteiger charge is -2.21. The number of hydrogen-bond donors (Lipinski definition) is 0. The summed E-state index contributed by atoms with van der Waals surface area (Å²) in [7, 11) is 0. The van der Waals surface area contributed by atoms with E-state index in [0.29, 0.717) is 0 Å². The molecule has 0 fully saturated rings. The molecule has 0 radical (unpaired) electrons. The van der Waals surface area contributed by atoms with Crippen LogP contribution >= 0.6 is 0 Å². The second-order valence-electron chi connectivity index (χ2n) is 3.59. The summed E-state index contributed by atoms with van der Waals surface area (Å²) >= 11 is 0. The molecule has 0 aliphatic heterocycles. The first-order valence-corrected chi connectivity index (χ1v) is 4.47. The van der Waals surface area contributed by atoms with Crippen LogP contribution in [0.25, 0.3) is 0 Å². The van der Waals surface area contributed by atoms with Gasteiger partial charge in [0.25, 0.3) is 0 Å². The Hall–Kier alpha value is -1.26. The first kappa shape index (κ1) is 12.7. The molecule has 0 bridgehead atoms. The van der Waals surface area contributed by atoms with Crippen molar-refractivity contribution in [3.8, 4) is 0 Å². The Kier molecular flexibility index (Phi) is 4.40. The topological polar surface area (TPSA) is 77.3 Å². The fourth-order valence-electron chi connectivity index (χ4n) is 1.50. The molecule has 0 atom stereocenters. The van der Waals surface area contributed by atoms with E-state index in [2.05, 4.69) is 0 Å². The second kappa shape index (κ2) is 4.83. The number of rotatable bonds is 6. The molecule has 0 aromatic carbocycles. The number of Topliss-reactive ketones (excluding diaryl/α,β-unsaturated/α-hetero) is 2. The van der Waals surface area contributed by atoms with Crippen LogP contribution in [0, 0.1) is 10.1 Å². The van der Waals surface area contributed by atoms with Crippen molar-refractivity contribution in [1.29, 1.82) is 0 Å². The minimum atomic E-state index is -1.39. The molecule has 5 nitrogen and oxygen atoms in total. The Morgan fingerprint density at radius 2 is 1.57 bits per heavy atom. The van der Waals surface area contributed by atoms with E-state index in [1.807, 2.05) is 0 Å². The van der Waals surface area contributed by atoms with E-state index in [1.54, 1.807) is 6.92 Å². The highest BCUT2D eigenvalue weighted by Gasteiger charge is 2.43. The summed E-state index contributed by atoms with van der Waals surface area (Å²) in [6.45, 7) is 4.22. The van der Waals surface area contributed by atoms with Gasteiger partial charge in [0.15, 0.2) is 0 Å². The van der Waals surface area contributed by atoms with E-state index in [9.17, 15) is 19.7 Å². The number of ketones is 2. The van der Waals surface area contributed by atoms with Crippen LogP contribution in [0.3, 0.4) is 0 Å². The highest BCUT2D eigenvalue weighted by Crippen LogP contribution is 2.24. The lowest BCUT2D eigenvalue weighted by Crippen LogP contribution is -2.41. The van der Waals surface area contributed by atoms with E-state index < -0.39 is 10.5 Å². The van der Waals surface area contributed by atoms with Crippen LogP contribution in [0.1, 0.15) is 40.0 Å². The molecule has 0 amide bonds. The van der Waals surface area contributed by atoms with Gasteiger partial charge in [-0.25, -0.2) is 0 Å². The van der Waals surface area contributed by atoms with Gasteiger partial charge in [-0.05, 0) is 13.8 Å². The lowest BCUT2D eigenvalue weighted by atomic mass is 9.86. The predicted octanol–water partition coefficient (Wildman–Crippen LogP) is 1.37. The molecule has 80 valence electrons. The predicted molar refractivity (Wildman–Crippen MR) is 50.6 cm³/mol. The van der Waals surface area contributed by atoms with Gasteiger partial charge in [0.1, 0.15) is 11.6 Å². The van der Waals surface area contributed by atoms with Crippen LogP contribution in [0.4, 0.5) is 0 Å². The second-order valence-corrected chi connectivity index (χ2v) is 3.59. The molecule has 0 saturated heterocycles. The number of nitrogens with zero attached hydrogens (tertiary/aromatic N) is 1. The van der Waals surface area contributed by atoms with Crippen LogP contribution in [0.15, 0.2) is 0 Å².